The molecule has 0 spiro atoms. The molecule has 1 rings (SSSR count). The van der Waals surface area contributed by atoms with Gasteiger partial charge in [-0.25, -0.2) is 0 Å². The molecule has 0 bridgehead atoms. The Morgan fingerprint density at radius 3 is 2.69 bits per heavy atom. The van der Waals surface area contributed by atoms with Crippen molar-refractivity contribution in [1.29, 1.82) is 0 Å². The summed E-state index contributed by atoms with van der Waals surface area (Å²) >= 11 is 0. The third-order valence-electron chi connectivity index (χ3n) is 2.95. The monoisotopic (exact) mass is 231 g/mol. The van der Waals surface area contributed by atoms with Gasteiger partial charge in [0.05, 0.1) is 6.61 Å². The van der Waals surface area contributed by atoms with Gasteiger partial charge in [0.15, 0.2) is 0 Å². The molecular weight excluding hydrogens is 210 g/mol. The number of amidine groups is 1. The van der Waals surface area contributed by atoms with Crippen molar-refractivity contribution in [3.63, 3.8) is 0 Å². The molecule has 0 amide bonds. The molecule has 1 unspecified atom stereocenters. The maximum absolute atomic E-state index is 9.45. The smallest absolute Gasteiger partial charge is 0.140 e. The Kier molecular flexibility index (Phi) is 4.98. The third-order valence-corrected chi connectivity index (χ3v) is 2.95. The number of aliphatic hydroxyl groups is 1. The third kappa shape index (κ3) is 3.62. The summed E-state index contributed by atoms with van der Waals surface area (Å²) in [6.07, 6.45) is 2.02. The van der Waals surface area contributed by atoms with Crippen molar-refractivity contribution in [1.82, 2.24) is 5.32 Å². The average molecular weight is 231 g/mol. The molecule has 0 saturated carbocycles. The number of hydrogen-bond acceptors (Lipinski definition) is 5. The standard InChI is InChI=1S/C10H21N3O3/c1-8(6-9(11)13-15)12-10(7-14)2-4-16-5-3-10/h8,12,14-15H,2-7H2,1H3,(H2,11,13). The van der Waals surface area contributed by atoms with Crippen molar-refractivity contribution in [3.8, 4) is 0 Å². The molecule has 1 saturated heterocycles. The molecule has 5 N–H and O–H groups in total. The first-order chi connectivity index (χ1) is 7.62. The summed E-state index contributed by atoms with van der Waals surface area (Å²) in [4.78, 5) is 0. The number of nitrogens with zero attached hydrogens (tertiary/aromatic N) is 1. The Morgan fingerprint density at radius 1 is 1.56 bits per heavy atom. The normalized spacial score (nSPS) is 23.0. The van der Waals surface area contributed by atoms with Gasteiger partial charge in [-0.1, -0.05) is 5.16 Å². The maximum Gasteiger partial charge on any atom is 0.140 e. The summed E-state index contributed by atoms with van der Waals surface area (Å²) < 4.78 is 5.27. The van der Waals surface area contributed by atoms with E-state index in [-0.39, 0.29) is 24.0 Å². The Labute approximate surface area is 95.5 Å². The minimum atomic E-state index is -0.284. The number of aliphatic hydroxyl groups excluding tert-OH is 1. The minimum Gasteiger partial charge on any atom is -0.409 e. The van der Waals surface area contributed by atoms with E-state index in [1.54, 1.807) is 0 Å². The van der Waals surface area contributed by atoms with Crippen LogP contribution >= 0.6 is 0 Å². The van der Waals surface area contributed by atoms with Crippen molar-refractivity contribution in [2.75, 3.05) is 19.8 Å². The fourth-order valence-electron chi connectivity index (χ4n) is 2.04. The van der Waals surface area contributed by atoms with Gasteiger partial charge >= 0.3 is 0 Å². The van der Waals surface area contributed by atoms with E-state index in [4.69, 9.17) is 15.7 Å². The van der Waals surface area contributed by atoms with Crippen molar-refractivity contribution < 1.29 is 15.1 Å². The number of nitrogens with two attached hydrogens (primary N) is 1. The van der Waals surface area contributed by atoms with Crippen molar-refractivity contribution >= 4 is 5.84 Å². The van der Waals surface area contributed by atoms with Crippen LogP contribution in [0.2, 0.25) is 0 Å². The SMILES string of the molecule is CC(CC(N)=NO)NC1(CO)CCOCC1. The highest BCUT2D eigenvalue weighted by Crippen LogP contribution is 2.21. The molecule has 0 aromatic heterocycles. The van der Waals surface area contributed by atoms with Gasteiger partial charge in [-0.2, -0.15) is 0 Å². The molecule has 0 aromatic rings. The molecule has 6 nitrogen and oxygen atoms in total. The van der Waals surface area contributed by atoms with Crippen molar-refractivity contribution in [2.24, 2.45) is 10.9 Å². The van der Waals surface area contributed by atoms with Gasteiger partial charge in [0, 0.05) is 31.2 Å². The first-order valence-corrected chi connectivity index (χ1v) is 5.54. The fraction of sp³-hybridized carbons (Fsp3) is 0.900. The van der Waals surface area contributed by atoms with Crippen LogP contribution in [-0.2, 0) is 4.74 Å². The van der Waals surface area contributed by atoms with Crippen molar-refractivity contribution in [3.05, 3.63) is 0 Å². The zero-order valence-electron chi connectivity index (χ0n) is 9.65. The lowest BCUT2D eigenvalue weighted by Gasteiger charge is -2.38. The predicted molar refractivity (Wildman–Crippen MR) is 60.5 cm³/mol. The van der Waals surface area contributed by atoms with Gasteiger partial charge in [-0.05, 0) is 19.8 Å². The van der Waals surface area contributed by atoms with Crippen LogP contribution in [-0.4, -0.2) is 47.6 Å². The number of nitrogens with one attached hydrogen (secondary N) is 1. The van der Waals surface area contributed by atoms with E-state index >= 15 is 0 Å². The average Bonchev–Trinajstić information content (AvgIpc) is 2.29. The Hall–Kier alpha value is -0.850. The number of ether oxygens (including phenoxy) is 1. The van der Waals surface area contributed by atoms with Gasteiger partial charge in [0.25, 0.3) is 0 Å². The molecule has 0 aliphatic carbocycles. The zero-order valence-corrected chi connectivity index (χ0v) is 9.65. The van der Waals surface area contributed by atoms with E-state index in [1.165, 1.54) is 0 Å². The summed E-state index contributed by atoms with van der Waals surface area (Å²) in [5, 5.41) is 24.2. The predicted octanol–water partition coefficient (Wildman–Crippen LogP) is -0.357. The fourth-order valence-corrected chi connectivity index (χ4v) is 2.04. The van der Waals surface area contributed by atoms with Crippen LogP contribution < -0.4 is 11.1 Å². The summed E-state index contributed by atoms with van der Waals surface area (Å²) in [5.41, 5.74) is 5.15. The van der Waals surface area contributed by atoms with E-state index in [0.29, 0.717) is 19.6 Å². The number of hydrogen-bond donors (Lipinski definition) is 4. The van der Waals surface area contributed by atoms with Gasteiger partial charge < -0.3 is 26.1 Å². The second kappa shape index (κ2) is 6.03. The topological polar surface area (TPSA) is 100 Å². The zero-order chi connectivity index (χ0) is 12.0. The van der Waals surface area contributed by atoms with Crippen LogP contribution in [0.15, 0.2) is 5.16 Å². The molecule has 1 aliphatic rings. The molecule has 0 aromatic carbocycles. The Morgan fingerprint density at radius 2 is 2.19 bits per heavy atom. The molecule has 1 aliphatic heterocycles. The molecule has 94 valence electrons. The molecule has 1 fully saturated rings. The summed E-state index contributed by atoms with van der Waals surface area (Å²) in [5.74, 6) is 0.195. The largest absolute Gasteiger partial charge is 0.409 e. The second-order valence-electron chi connectivity index (χ2n) is 4.39. The highest BCUT2D eigenvalue weighted by molar-refractivity contribution is 5.80. The lowest BCUT2D eigenvalue weighted by atomic mass is 9.90. The Balaban J connectivity index is 2.48. The van der Waals surface area contributed by atoms with Crippen LogP contribution in [0.4, 0.5) is 0 Å². The van der Waals surface area contributed by atoms with Crippen LogP contribution in [0.5, 0.6) is 0 Å². The molecule has 1 atom stereocenters. The molecule has 6 heteroatoms. The van der Waals surface area contributed by atoms with E-state index in [2.05, 4.69) is 10.5 Å². The van der Waals surface area contributed by atoms with Gasteiger partial charge in [0.1, 0.15) is 5.84 Å². The highest BCUT2D eigenvalue weighted by atomic mass is 16.5. The minimum absolute atomic E-state index is 0.0566. The molecule has 0 radical (unpaired) electrons. The van der Waals surface area contributed by atoms with Crippen LogP contribution in [0, 0.1) is 0 Å². The van der Waals surface area contributed by atoms with Crippen LogP contribution in [0.3, 0.4) is 0 Å². The van der Waals surface area contributed by atoms with E-state index < -0.39 is 0 Å². The van der Waals surface area contributed by atoms with E-state index in [0.717, 1.165) is 12.8 Å². The van der Waals surface area contributed by atoms with Crippen LogP contribution in [0.25, 0.3) is 0 Å². The van der Waals surface area contributed by atoms with E-state index in [1.807, 2.05) is 6.92 Å². The highest BCUT2D eigenvalue weighted by Gasteiger charge is 2.32. The lowest BCUT2D eigenvalue weighted by molar-refractivity contribution is 0.00785. The van der Waals surface area contributed by atoms with E-state index in [9.17, 15) is 5.11 Å². The summed E-state index contributed by atoms with van der Waals surface area (Å²) in [7, 11) is 0. The second-order valence-corrected chi connectivity index (χ2v) is 4.39. The molecular formula is C10H21N3O3. The first-order valence-electron chi connectivity index (χ1n) is 5.54. The number of rotatable bonds is 5. The van der Waals surface area contributed by atoms with Crippen LogP contribution in [0.1, 0.15) is 26.2 Å². The van der Waals surface area contributed by atoms with Gasteiger partial charge in [-0.15, -0.1) is 0 Å². The van der Waals surface area contributed by atoms with Gasteiger partial charge in [0.2, 0.25) is 0 Å². The maximum atomic E-state index is 9.45. The van der Waals surface area contributed by atoms with Gasteiger partial charge in [-0.3, -0.25) is 0 Å². The quantitative estimate of drug-likeness (QED) is 0.224. The summed E-state index contributed by atoms with van der Waals surface area (Å²) in [6.45, 7) is 3.34. The number of oxime groups is 1. The molecule has 1 heterocycles. The lowest BCUT2D eigenvalue weighted by Crippen LogP contribution is -2.55. The molecule has 16 heavy (non-hydrogen) atoms. The first kappa shape index (κ1) is 13.2. The van der Waals surface area contributed by atoms with Crippen molar-refractivity contribution in [2.45, 2.75) is 37.8 Å². The Bertz CT molecular complexity index is 239. The summed E-state index contributed by atoms with van der Waals surface area (Å²) in [6, 6.07) is 0.0566.